The molecule has 0 aromatic heterocycles. The van der Waals surface area contributed by atoms with Gasteiger partial charge in [0.15, 0.2) is 0 Å². The van der Waals surface area contributed by atoms with E-state index in [1.165, 1.54) is 11.1 Å². The second-order valence-corrected chi connectivity index (χ2v) is 5.19. The molecule has 0 fully saturated rings. The van der Waals surface area contributed by atoms with Gasteiger partial charge in [-0.1, -0.05) is 31.5 Å². The van der Waals surface area contributed by atoms with Gasteiger partial charge in [0.1, 0.15) is 0 Å². The molecule has 1 aromatic carbocycles. The molecule has 0 aliphatic carbocycles. The minimum atomic E-state index is 0.384. The summed E-state index contributed by atoms with van der Waals surface area (Å²) in [5.74, 6) is 0.558. The van der Waals surface area contributed by atoms with E-state index in [0.717, 1.165) is 18.2 Å². The highest BCUT2D eigenvalue weighted by atomic mass is 35.5. The Morgan fingerprint density at radius 2 is 2.06 bits per heavy atom. The molecule has 0 aliphatic rings. The fraction of sp³-hybridized carbons (Fsp3) is 0.571. The molecule has 96 valence electrons. The van der Waals surface area contributed by atoms with Gasteiger partial charge in [-0.05, 0) is 36.1 Å². The van der Waals surface area contributed by atoms with Gasteiger partial charge in [-0.15, -0.1) is 0 Å². The van der Waals surface area contributed by atoms with Gasteiger partial charge < -0.3 is 10.1 Å². The number of hydrogen-bond acceptors (Lipinski definition) is 2. The van der Waals surface area contributed by atoms with E-state index >= 15 is 0 Å². The van der Waals surface area contributed by atoms with Crippen LogP contribution in [0.25, 0.3) is 0 Å². The highest BCUT2D eigenvalue weighted by Crippen LogP contribution is 2.15. The molecular weight excluding hydrogens is 234 g/mol. The van der Waals surface area contributed by atoms with Crippen LogP contribution in [0.15, 0.2) is 18.2 Å². The van der Waals surface area contributed by atoms with Gasteiger partial charge >= 0.3 is 0 Å². The number of methoxy groups -OCH3 is 1. The Labute approximate surface area is 109 Å². The van der Waals surface area contributed by atoms with Gasteiger partial charge in [-0.3, -0.25) is 0 Å². The zero-order valence-electron chi connectivity index (χ0n) is 11.1. The standard InChI is InChI=1S/C14H22ClNO/c1-10(2)14(9-17-4)16-8-12-5-6-13(15)7-11(12)3/h5-7,10,14,16H,8-9H2,1-4H3. The summed E-state index contributed by atoms with van der Waals surface area (Å²) in [6, 6.07) is 6.40. The number of aryl methyl sites for hydroxylation is 1. The van der Waals surface area contributed by atoms with Crippen molar-refractivity contribution in [2.75, 3.05) is 13.7 Å². The quantitative estimate of drug-likeness (QED) is 0.841. The molecule has 1 N–H and O–H groups in total. The summed E-state index contributed by atoms with van der Waals surface area (Å²) >= 11 is 5.94. The number of halogens is 1. The highest BCUT2D eigenvalue weighted by molar-refractivity contribution is 6.30. The third kappa shape index (κ3) is 4.66. The SMILES string of the molecule is COCC(NCc1ccc(Cl)cc1C)C(C)C. The molecule has 17 heavy (non-hydrogen) atoms. The number of benzene rings is 1. The van der Waals surface area contributed by atoms with Crippen LogP contribution in [-0.4, -0.2) is 19.8 Å². The largest absolute Gasteiger partial charge is 0.383 e. The van der Waals surface area contributed by atoms with E-state index in [1.807, 2.05) is 12.1 Å². The fourth-order valence-electron chi connectivity index (χ4n) is 1.77. The molecule has 0 radical (unpaired) electrons. The van der Waals surface area contributed by atoms with Crippen molar-refractivity contribution in [1.82, 2.24) is 5.32 Å². The lowest BCUT2D eigenvalue weighted by Gasteiger charge is -2.22. The zero-order valence-corrected chi connectivity index (χ0v) is 11.8. The number of hydrogen-bond donors (Lipinski definition) is 1. The Morgan fingerprint density at radius 1 is 1.35 bits per heavy atom. The smallest absolute Gasteiger partial charge is 0.0618 e. The van der Waals surface area contributed by atoms with Crippen molar-refractivity contribution in [2.45, 2.75) is 33.4 Å². The van der Waals surface area contributed by atoms with Gasteiger partial charge in [0.2, 0.25) is 0 Å². The first-order chi connectivity index (χ1) is 8.04. The molecule has 0 spiro atoms. The lowest BCUT2D eigenvalue weighted by molar-refractivity contribution is 0.146. The molecule has 2 nitrogen and oxygen atoms in total. The summed E-state index contributed by atoms with van der Waals surface area (Å²) in [5.41, 5.74) is 2.51. The molecule has 1 unspecified atom stereocenters. The Bertz CT molecular complexity index is 352. The second-order valence-electron chi connectivity index (χ2n) is 4.76. The molecule has 0 heterocycles. The van der Waals surface area contributed by atoms with Gasteiger partial charge in [0.25, 0.3) is 0 Å². The van der Waals surface area contributed by atoms with E-state index in [2.05, 4.69) is 32.2 Å². The van der Waals surface area contributed by atoms with Crippen molar-refractivity contribution in [1.29, 1.82) is 0 Å². The van der Waals surface area contributed by atoms with Crippen LogP contribution in [0.4, 0.5) is 0 Å². The van der Waals surface area contributed by atoms with Crippen LogP contribution in [0, 0.1) is 12.8 Å². The topological polar surface area (TPSA) is 21.3 Å². The maximum atomic E-state index is 5.94. The van der Waals surface area contributed by atoms with Crippen LogP contribution >= 0.6 is 11.6 Å². The summed E-state index contributed by atoms with van der Waals surface area (Å²) in [5, 5.41) is 4.32. The lowest BCUT2D eigenvalue weighted by atomic mass is 10.0. The maximum Gasteiger partial charge on any atom is 0.0618 e. The van der Waals surface area contributed by atoms with Gasteiger partial charge in [0, 0.05) is 24.7 Å². The van der Waals surface area contributed by atoms with Crippen LogP contribution in [-0.2, 0) is 11.3 Å². The van der Waals surface area contributed by atoms with Gasteiger partial charge in [0.05, 0.1) is 6.61 Å². The Morgan fingerprint density at radius 3 is 2.59 bits per heavy atom. The lowest BCUT2D eigenvalue weighted by Crippen LogP contribution is -2.37. The third-order valence-electron chi connectivity index (χ3n) is 3.01. The zero-order chi connectivity index (χ0) is 12.8. The van der Waals surface area contributed by atoms with E-state index in [-0.39, 0.29) is 0 Å². The van der Waals surface area contributed by atoms with Crippen LogP contribution in [0.3, 0.4) is 0 Å². The molecule has 0 amide bonds. The minimum Gasteiger partial charge on any atom is -0.383 e. The van der Waals surface area contributed by atoms with Crippen molar-refractivity contribution in [3.05, 3.63) is 34.3 Å². The number of ether oxygens (including phenoxy) is 1. The Hall–Kier alpha value is -0.570. The van der Waals surface area contributed by atoms with Crippen molar-refractivity contribution < 1.29 is 4.74 Å². The summed E-state index contributed by atoms with van der Waals surface area (Å²) in [6.07, 6.45) is 0. The highest BCUT2D eigenvalue weighted by Gasteiger charge is 2.12. The Kier molecular flexibility index (Phi) is 5.96. The van der Waals surface area contributed by atoms with Crippen LogP contribution in [0.5, 0.6) is 0 Å². The number of nitrogens with one attached hydrogen (secondary N) is 1. The molecule has 1 rings (SSSR count). The molecule has 0 aliphatic heterocycles. The maximum absolute atomic E-state index is 5.94. The van der Waals surface area contributed by atoms with Crippen LogP contribution in [0.2, 0.25) is 5.02 Å². The summed E-state index contributed by atoms with van der Waals surface area (Å²) in [4.78, 5) is 0. The van der Waals surface area contributed by atoms with Crippen molar-refractivity contribution >= 4 is 11.6 Å². The average molecular weight is 256 g/mol. The van der Waals surface area contributed by atoms with E-state index in [9.17, 15) is 0 Å². The van der Waals surface area contributed by atoms with Gasteiger partial charge in [-0.25, -0.2) is 0 Å². The Balaban J connectivity index is 2.59. The van der Waals surface area contributed by atoms with E-state index < -0.39 is 0 Å². The fourth-order valence-corrected chi connectivity index (χ4v) is 1.99. The van der Waals surface area contributed by atoms with E-state index in [0.29, 0.717) is 12.0 Å². The van der Waals surface area contributed by atoms with Crippen LogP contribution in [0.1, 0.15) is 25.0 Å². The van der Waals surface area contributed by atoms with Crippen LogP contribution < -0.4 is 5.32 Å². The summed E-state index contributed by atoms with van der Waals surface area (Å²) < 4.78 is 5.22. The summed E-state index contributed by atoms with van der Waals surface area (Å²) in [6.45, 7) is 8.08. The van der Waals surface area contributed by atoms with Crippen molar-refractivity contribution in [3.8, 4) is 0 Å². The molecule has 0 saturated carbocycles. The average Bonchev–Trinajstić information content (AvgIpc) is 2.25. The predicted octanol–water partition coefficient (Wildman–Crippen LogP) is 3.41. The molecular formula is C14H22ClNO. The number of rotatable bonds is 6. The van der Waals surface area contributed by atoms with E-state index in [4.69, 9.17) is 16.3 Å². The minimum absolute atomic E-state index is 0.384. The normalized spacial score (nSPS) is 13.1. The first kappa shape index (κ1) is 14.5. The monoisotopic (exact) mass is 255 g/mol. The first-order valence-electron chi connectivity index (χ1n) is 6.02. The van der Waals surface area contributed by atoms with E-state index in [1.54, 1.807) is 7.11 Å². The molecule has 3 heteroatoms. The van der Waals surface area contributed by atoms with Crippen molar-refractivity contribution in [2.24, 2.45) is 5.92 Å². The van der Waals surface area contributed by atoms with Gasteiger partial charge in [-0.2, -0.15) is 0 Å². The van der Waals surface area contributed by atoms with Crippen molar-refractivity contribution in [3.63, 3.8) is 0 Å². The molecule has 1 atom stereocenters. The molecule has 0 saturated heterocycles. The third-order valence-corrected chi connectivity index (χ3v) is 3.25. The first-order valence-corrected chi connectivity index (χ1v) is 6.39. The molecule has 0 bridgehead atoms. The predicted molar refractivity (Wildman–Crippen MR) is 73.5 cm³/mol. The summed E-state index contributed by atoms with van der Waals surface area (Å²) in [7, 11) is 1.74. The molecule has 1 aromatic rings. The second kappa shape index (κ2) is 7.00.